The van der Waals surface area contributed by atoms with E-state index in [4.69, 9.17) is 9.47 Å². The van der Waals surface area contributed by atoms with Gasteiger partial charge in [-0.3, -0.25) is 9.59 Å². The summed E-state index contributed by atoms with van der Waals surface area (Å²) in [6.45, 7) is 0.163. The molecule has 0 aliphatic carbocycles. The third kappa shape index (κ3) is 10.1. The van der Waals surface area contributed by atoms with E-state index >= 15 is 0 Å². The average molecular weight is 551 g/mol. The molecule has 0 bridgehead atoms. The SMILES string of the molecule is O=C(CC[C@H](NC(=O)OCc1ccccc1)C(=O)Nc1ccc(N=Nc2ccccc2)cc1)OCc1ccccc1. The van der Waals surface area contributed by atoms with Crippen molar-refractivity contribution in [3.05, 3.63) is 126 Å². The van der Waals surface area contributed by atoms with Crippen LogP contribution in [0.15, 0.2) is 125 Å². The summed E-state index contributed by atoms with van der Waals surface area (Å²) in [4.78, 5) is 38.0. The minimum absolute atomic E-state index is 0.0171. The Morgan fingerprint density at radius 3 is 1.73 bits per heavy atom. The highest BCUT2D eigenvalue weighted by Gasteiger charge is 2.23. The topological polar surface area (TPSA) is 118 Å². The molecule has 0 aliphatic heterocycles. The highest BCUT2D eigenvalue weighted by Crippen LogP contribution is 2.20. The second-order valence-corrected chi connectivity index (χ2v) is 9.02. The van der Waals surface area contributed by atoms with Crippen molar-refractivity contribution in [1.29, 1.82) is 0 Å². The van der Waals surface area contributed by atoms with Gasteiger partial charge < -0.3 is 20.1 Å². The summed E-state index contributed by atoms with van der Waals surface area (Å²) in [5, 5.41) is 13.7. The average Bonchev–Trinajstić information content (AvgIpc) is 3.02. The van der Waals surface area contributed by atoms with E-state index in [0.717, 1.165) is 16.8 Å². The molecule has 2 amide bonds. The van der Waals surface area contributed by atoms with Gasteiger partial charge in [-0.05, 0) is 53.9 Å². The minimum Gasteiger partial charge on any atom is -0.461 e. The lowest BCUT2D eigenvalue weighted by Crippen LogP contribution is -2.44. The summed E-state index contributed by atoms with van der Waals surface area (Å²) in [5.41, 5.74) is 3.47. The van der Waals surface area contributed by atoms with Crippen molar-refractivity contribution in [2.45, 2.75) is 32.1 Å². The van der Waals surface area contributed by atoms with Crippen LogP contribution >= 0.6 is 0 Å². The number of carbonyl (C=O) groups excluding carboxylic acids is 3. The summed E-state index contributed by atoms with van der Waals surface area (Å²) in [5.74, 6) is -0.990. The molecule has 208 valence electrons. The van der Waals surface area contributed by atoms with E-state index in [2.05, 4.69) is 20.9 Å². The smallest absolute Gasteiger partial charge is 0.408 e. The molecule has 0 fully saturated rings. The van der Waals surface area contributed by atoms with E-state index in [1.807, 2.05) is 91.0 Å². The number of nitrogens with one attached hydrogen (secondary N) is 2. The van der Waals surface area contributed by atoms with Gasteiger partial charge in [0, 0.05) is 12.1 Å². The van der Waals surface area contributed by atoms with Crippen LogP contribution in [0.4, 0.5) is 21.9 Å². The first-order valence-electron chi connectivity index (χ1n) is 13.1. The van der Waals surface area contributed by atoms with E-state index < -0.39 is 24.0 Å². The minimum atomic E-state index is -1.04. The standard InChI is InChI=1S/C32H30N4O5/c37-30(40-22-24-10-4-1-5-11-24)21-20-29(34-32(39)41-23-25-12-6-2-7-13-25)31(38)33-26-16-18-28(19-17-26)36-35-27-14-8-3-9-15-27/h1-19,29H,20-23H2,(H,33,38)(H,34,39)/t29-/m0/s1. The van der Waals surface area contributed by atoms with Crippen molar-refractivity contribution in [2.24, 2.45) is 10.2 Å². The number of hydrogen-bond donors (Lipinski definition) is 2. The zero-order valence-electron chi connectivity index (χ0n) is 22.3. The molecule has 0 saturated carbocycles. The lowest BCUT2D eigenvalue weighted by Gasteiger charge is -2.18. The monoisotopic (exact) mass is 550 g/mol. The van der Waals surface area contributed by atoms with Crippen molar-refractivity contribution < 1.29 is 23.9 Å². The molecule has 4 rings (SSSR count). The van der Waals surface area contributed by atoms with Gasteiger partial charge in [-0.15, -0.1) is 0 Å². The van der Waals surface area contributed by atoms with Crippen LogP contribution in [0.2, 0.25) is 0 Å². The third-order valence-electron chi connectivity index (χ3n) is 5.87. The molecule has 4 aromatic rings. The number of esters is 1. The predicted octanol–water partition coefficient (Wildman–Crippen LogP) is 6.86. The Morgan fingerprint density at radius 2 is 1.15 bits per heavy atom. The van der Waals surface area contributed by atoms with E-state index in [1.165, 1.54) is 0 Å². The number of benzene rings is 4. The van der Waals surface area contributed by atoms with Crippen molar-refractivity contribution in [3.8, 4) is 0 Å². The number of amides is 2. The third-order valence-corrected chi connectivity index (χ3v) is 5.87. The van der Waals surface area contributed by atoms with Gasteiger partial charge in [0.05, 0.1) is 11.4 Å². The summed E-state index contributed by atoms with van der Waals surface area (Å²) in [6, 6.07) is 33.5. The van der Waals surface area contributed by atoms with E-state index in [1.54, 1.807) is 24.3 Å². The molecule has 41 heavy (non-hydrogen) atoms. The van der Waals surface area contributed by atoms with E-state index in [-0.39, 0.29) is 26.1 Å². The van der Waals surface area contributed by atoms with Crippen molar-refractivity contribution >= 4 is 35.0 Å². The highest BCUT2D eigenvalue weighted by molar-refractivity contribution is 5.96. The van der Waals surface area contributed by atoms with E-state index in [0.29, 0.717) is 11.4 Å². The Morgan fingerprint density at radius 1 is 0.634 bits per heavy atom. The van der Waals surface area contributed by atoms with Crippen LogP contribution in [0.5, 0.6) is 0 Å². The second kappa shape index (κ2) is 15.3. The first-order valence-corrected chi connectivity index (χ1v) is 13.1. The summed E-state index contributed by atoms with van der Waals surface area (Å²) in [7, 11) is 0. The quantitative estimate of drug-likeness (QED) is 0.148. The van der Waals surface area contributed by atoms with Gasteiger partial charge in [-0.25, -0.2) is 4.79 Å². The van der Waals surface area contributed by atoms with Gasteiger partial charge >= 0.3 is 12.1 Å². The Hall–Kier alpha value is -5.31. The molecule has 0 heterocycles. The molecule has 2 N–H and O–H groups in total. The summed E-state index contributed by atoms with van der Waals surface area (Å²) in [6.07, 6.45) is -0.838. The molecule has 9 nitrogen and oxygen atoms in total. The Labute approximate surface area is 238 Å². The molecule has 0 spiro atoms. The maximum Gasteiger partial charge on any atom is 0.408 e. The number of rotatable bonds is 12. The first kappa shape index (κ1) is 28.7. The zero-order valence-corrected chi connectivity index (χ0v) is 22.3. The van der Waals surface area contributed by atoms with Crippen LogP contribution in [-0.4, -0.2) is 24.0 Å². The number of azo groups is 1. The Bertz CT molecular complexity index is 1430. The molecular formula is C32H30N4O5. The second-order valence-electron chi connectivity index (χ2n) is 9.02. The number of ether oxygens (including phenoxy) is 2. The molecule has 9 heteroatoms. The van der Waals surface area contributed by atoms with Gasteiger partial charge in [-0.1, -0.05) is 78.9 Å². The predicted molar refractivity (Wildman–Crippen MR) is 155 cm³/mol. The van der Waals surface area contributed by atoms with Crippen molar-refractivity contribution in [1.82, 2.24) is 5.32 Å². The van der Waals surface area contributed by atoms with Crippen molar-refractivity contribution in [2.75, 3.05) is 5.32 Å². The van der Waals surface area contributed by atoms with Gasteiger partial charge in [-0.2, -0.15) is 10.2 Å². The summed E-state index contributed by atoms with van der Waals surface area (Å²) >= 11 is 0. The van der Waals surface area contributed by atoms with Crippen LogP contribution in [0.3, 0.4) is 0 Å². The van der Waals surface area contributed by atoms with Crippen LogP contribution < -0.4 is 10.6 Å². The molecule has 1 atom stereocenters. The molecule has 0 aliphatic rings. The van der Waals surface area contributed by atoms with Gasteiger partial charge in [0.15, 0.2) is 0 Å². The Kier molecular flexibility index (Phi) is 10.7. The number of carbonyl (C=O) groups is 3. The number of nitrogens with zero attached hydrogens (tertiary/aromatic N) is 2. The summed E-state index contributed by atoms with van der Waals surface area (Å²) < 4.78 is 10.6. The van der Waals surface area contributed by atoms with Gasteiger partial charge in [0.1, 0.15) is 19.3 Å². The van der Waals surface area contributed by atoms with Crippen LogP contribution in [0.25, 0.3) is 0 Å². The van der Waals surface area contributed by atoms with Gasteiger partial charge in [0.2, 0.25) is 5.91 Å². The number of alkyl carbamates (subject to hydrolysis) is 1. The van der Waals surface area contributed by atoms with Crippen molar-refractivity contribution in [3.63, 3.8) is 0 Å². The first-order chi connectivity index (χ1) is 20.0. The number of hydrogen-bond acceptors (Lipinski definition) is 7. The maximum atomic E-state index is 13.1. The van der Waals surface area contributed by atoms with Crippen LogP contribution in [-0.2, 0) is 32.3 Å². The molecule has 0 aromatic heterocycles. The largest absolute Gasteiger partial charge is 0.461 e. The number of anilines is 1. The van der Waals surface area contributed by atoms with Crippen LogP contribution in [0, 0.1) is 0 Å². The fourth-order valence-electron chi connectivity index (χ4n) is 3.70. The molecule has 0 unspecified atom stereocenters. The Balaban J connectivity index is 1.34. The molecule has 0 saturated heterocycles. The fourth-order valence-corrected chi connectivity index (χ4v) is 3.70. The maximum absolute atomic E-state index is 13.1. The lowest BCUT2D eigenvalue weighted by atomic mass is 10.1. The van der Waals surface area contributed by atoms with Crippen LogP contribution in [0.1, 0.15) is 24.0 Å². The fraction of sp³-hybridized carbons (Fsp3) is 0.156. The van der Waals surface area contributed by atoms with Gasteiger partial charge in [0.25, 0.3) is 0 Å². The zero-order chi connectivity index (χ0) is 28.7. The normalized spacial score (nSPS) is 11.4. The lowest BCUT2D eigenvalue weighted by molar-refractivity contribution is -0.145. The molecule has 0 radical (unpaired) electrons. The highest BCUT2D eigenvalue weighted by atomic mass is 16.5. The van der Waals surface area contributed by atoms with E-state index in [9.17, 15) is 14.4 Å². The molecular weight excluding hydrogens is 520 g/mol. The molecule has 4 aromatic carbocycles.